The highest BCUT2D eigenvalue weighted by Crippen LogP contribution is 2.25. The van der Waals surface area contributed by atoms with Gasteiger partial charge in [0.2, 0.25) is 0 Å². The van der Waals surface area contributed by atoms with Crippen molar-refractivity contribution in [2.45, 2.75) is 25.9 Å². The second-order valence-corrected chi connectivity index (χ2v) is 6.78. The molecule has 0 aliphatic heterocycles. The molecule has 0 heterocycles. The van der Waals surface area contributed by atoms with E-state index in [0.29, 0.717) is 0 Å². The molecule has 0 spiro atoms. The maximum absolute atomic E-state index is 11.1. The number of benzene rings is 1. The maximum atomic E-state index is 11.1. The van der Waals surface area contributed by atoms with E-state index in [2.05, 4.69) is 0 Å². The van der Waals surface area contributed by atoms with Crippen LogP contribution in [0.15, 0.2) is 24.3 Å². The van der Waals surface area contributed by atoms with Gasteiger partial charge in [0, 0.05) is 6.26 Å². The Morgan fingerprint density at radius 2 is 1.75 bits per heavy atom. The Kier molecular flexibility index (Phi) is 3.76. The van der Waals surface area contributed by atoms with Crippen molar-refractivity contribution >= 4 is 9.84 Å². The molecular weight excluding hydrogens is 224 g/mol. The third-order valence-electron chi connectivity index (χ3n) is 2.63. The lowest BCUT2D eigenvalue weighted by molar-refractivity contribution is 0.0539. The zero-order valence-corrected chi connectivity index (χ0v) is 10.7. The Morgan fingerprint density at radius 1 is 1.25 bits per heavy atom. The molecule has 0 aliphatic rings. The van der Waals surface area contributed by atoms with Gasteiger partial charge in [0.25, 0.3) is 0 Å². The summed E-state index contributed by atoms with van der Waals surface area (Å²) in [4.78, 5) is 0. The van der Waals surface area contributed by atoms with E-state index in [1.807, 2.05) is 31.2 Å². The van der Waals surface area contributed by atoms with Gasteiger partial charge in [-0.2, -0.15) is 0 Å². The van der Waals surface area contributed by atoms with Gasteiger partial charge in [-0.3, -0.25) is 0 Å². The number of aliphatic hydroxyl groups is 1. The molecule has 0 aromatic heterocycles. The van der Waals surface area contributed by atoms with E-state index in [1.54, 1.807) is 6.92 Å². The summed E-state index contributed by atoms with van der Waals surface area (Å²) in [5.41, 5.74) is 0.779. The molecule has 4 heteroatoms. The van der Waals surface area contributed by atoms with Gasteiger partial charge in [-0.15, -0.1) is 0 Å². The number of hydrogen-bond acceptors (Lipinski definition) is 3. The fourth-order valence-corrected chi connectivity index (χ4v) is 2.21. The van der Waals surface area contributed by atoms with Crippen molar-refractivity contribution in [3.05, 3.63) is 35.4 Å². The first-order valence-electron chi connectivity index (χ1n) is 5.18. The zero-order chi connectivity index (χ0) is 12.4. The quantitative estimate of drug-likeness (QED) is 0.873. The minimum Gasteiger partial charge on any atom is -0.385 e. The Morgan fingerprint density at radius 3 is 2.19 bits per heavy atom. The Bertz CT molecular complexity index is 444. The standard InChI is InChI=1S/C12H18O3S/c1-10-4-6-11(7-5-10)12(2,13)8-9-16(3,14)15/h4-7,13H,8-9H2,1-3H3. The van der Waals surface area contributed by atoms with Gasteiger partial charge in [0.15, 0.2) is 0 Å². The number of sulfone groups is 1. The molecule has 1 atom stereocenters. The van der Waals surface area contributed by atoms with Gasteiger partial charge in [0.1, 0.15) is 9.84 Å². The van der Waals surface area contributed by atoms with Crippen LogP contribution in [-0.2, 0) is 15.4 Å². The molecule has 1 rings (SSSR count). The van der Waals surface area contributed by atoms with Crippen LogP contribution in [0.25, 0.3) is 0 Å². The third-order valence-corrected chi connectivity index (χ3v) is 3.58. The molecule has 0 amide bonds. The summed E-state index contributed by atoms with van der Waals surface area (Å²) in [5, 5.41) is 10.2. The molecule has 0 radical (unpaired) electrons. The molecule has 0 saturated carbocycles. The highest BCUT2D eigenvalue weighted by Gasteiger charge is 2.24. The third kappa shape index (κ3) is 3.94. The van der Waals surface area contributed by atoms with Gasteiger partial charge in [-0.1, -0.05) is 29.8 Å². The van der Waals surface area contributed by atoms with Crippen LogP contribution in [0.1, 0.15) is 24.5 Å². The van der Waals surface area contributed by atoms with Crippen molar-refractivity contribution in [3.8, 4) is 0 Å². The fourth-order valence-electron chi connectivity index (χ4n) is 1.44. The Labute approximate surface area is 97.0 Å². The molecular formula is C12H18O3S. The normalized spacial score (nSPS) is 15.8. The van der Waals surface area contributed by atoms with Gasteiger partial charge in [0.05, 0.1) is 11.4 Å². The first-order valence-corrected chi connectivity index (χ1v) is 7.24. The predicted octanol–water partition coefficient (Wildman–Crippen LogP) is 1.64. The summed E-state index contributed by atoms with van der Waals surface area (Å²) in [7, 11) is -3.03. The topological polar surface area (TPSA) is 54.4 Å². The van der Waals surface area contributed by atoms with Crippen LogP contribution < -0.4 is 0 Å². The van der Waals surface area contributed by atoms with E-state index in [-0.39, 0.29) is 12.2 Å². The van der Waals surface area contributed by atoms with E-state index in [4.69, 9.17) is 0 Å². The molecule has 16 heavy (non-hydrogen) atoms. The van der Waals surface area contributed by atoms with E-state index < -0.39 is 15.4 Å². The van der Waals surface area contributed by atoms with Crippen molar-refractivity contribution < 1.29 is 13.5 Å². The Balaban J connectivity index is 2.81. The molecule has 0 saturated heterocycles. The lowest BCUT2D eigenvalue weighted by Gasteiger charge is -2.23. The summed E-state index contributed by atoms with van der Waals surface area (Å²) in [6, 6.07) is 7.48. The van der Waals surface area contributed by atoms with Crippen LogP contribution in [0.5, 0.6) is 0 Å². The van der Waals surface area contributed by atoms with Crippen molar-refractivity contribution in [2.75, 3.05) is 12.0 Å². The van der Waals surface area contributed by atoms with Crippen LogP contribution >= 0.6 is 0 Å². The molecule has 0 bridgehead atoms. The first kappa shape index (κ1) is 13.2. The molecule has 1 aromatic rings. The van der Waals surface area contributed by atoms with Crippen LogP contribution in [-0.4, -0.2) is 25.5 Å². The average Bonchev–Trinajstić information content (AvgIpc) is 2.15. The highest BCUT2D eigenvalue weighted by molar-refractivity contribution is 7.90. The monoisotopic (exact) mass is 242 g/mol. The first-order chi connectivity index (χ1) is 7.21. The van der Waals surface area contributed by atoms with Gasteiger partial charge < -0.3 is 5.11 Å². The van der Waals surface area contributed by atoms with Gasteiger partial charge in [-0.25, -0.2) is 8.42 Å². The lowest BCUT2D eigenvalue weighted by Crippen LogP contribution is -2.24. The lowest BCUT2D eigenvalue weighted by atomic mass is 9.93. The number of hydrogen-bond donors (Lipinski definition) is 1. The van der Waals surface area contributed by atoms with Crippen molar-refractivity contribution in [1.29, 1.82) is 0 Å². The molecule has 1 aromatic carbocycles. The number of rotatable bonds is 4. The maximum Gasteiger partial charge on any atom is 0.147 e. The van der Waals surface area contributed by atoms with Crippen molar-refractivity contribution in [3.63, 3.8) is 0 Å². The summed E-state index contributed by atoms with van der Waals surface area (Å²) >= 11 is 0. The van der Waals surface area contributed by atoms with E-state index in [9.17, 15) is 13.5 Å². The predicted molar refractivity (Wildman–Crippen MR) is 65.1 cm³/mol. The largest absolute Gasteiger partial charge is 0.385 e. The molecule has 0 fully saturated rings. The second-order valence-electron chi connectivity index (χ2n) is 4.52. The fraction of sp³-hybridized carbons (Fsp3) is 0.500. The van der Waals surface area contributed by atoms with Crippen LogP contribution in [0, 0.1) is 6.92 Å². The Hall–Kier alpha value is -0.870. The van der Waals surface area contributed by atoms with Crippen LogP contribution in [0.3, 0.4) is 0 Å². The molecule has 3 nitrogen and oxygen atoms in total. The smallest absolute Gasteiger partial charge is 0.147 e. The van der Waals surface area contributed by atoms with Crippen molar-refractivity contribution in [1.82, 2.24) is 0 Å². The molecule has 1 N–H and O–H groups in total. The molecule has 90 valence electrons. The zero-order valence-electron chi connectivity index (χ0n) is 9.90. The summed E-state index contributed by atoms with van der Waals surface area (Å²) in [5.74, 6) is -0.00607. The minimum absolute atomic E-state index is 0.00607. The second kappa shape index (κ2) is 4.55. The van der Waals surface area contributed by atoms with E-state index in [1.165, 1.54) is 6.26 Å². The molecule has 0 aliphatic carbocycles. The van der Waals surface area contributed by atoms with Crippen LogP contribution in [0.4, 0.5) is 0 Å². The summed E-state index contributed by atoms with van der Waals surface area (Å²) < 4.78 is 22.1. The highest BCUT2D eigenvalue weighted by atomic mass is 32.2. The number of aryl methyl sites for hydroxylation is 1. The van der Waals surface area contributed by atoms with E-state index in [0.717, 1.165) is 11.1 Å². The minimum atomic E-state index is -3.03. The average molecular weight is 242 g/mol. The molecule has 1 unspecified atom stereocenters. The van der Waals surface area contributed by atoms with E-state index >= 15 is 0 Å². The SMILES string of the molecule is Cc1ccc(C(C)(O)CCS(C)(=O)=O)cc1. The van der Waals surface area contributed by atoms with Gasteiger partial charge in [-0.05, 0) is 25.8 Å². The van der Waals surface area contributed by atoms with Gasteiger partial charge >= 0.3 is 0 Å². The summed E-state index contributed by atoms with van der Waals surface area (Å²) in [6.45, 7) is 3.61. The van der Waals surface area contributed by atoms with Crippen molar-refractivity contribution in [2.24, 2.45) is 0 Å². The summed E-state index contributed by atoms with van der Waals surface area (Å²) in [6.07, 6.45) is 1.40. The van der Waals surface area contributed by atoms with Crippen LogP contribution in [0.2, 0.25) is 0 Å².